The van der Waals surface area contributed by atoms with Gasteiger partial charge in [0, 0.05) is 17.0 Å². The third-order valence-electron chi connectivity index (χ3n) is 3.63. The first kappa shape index (κ1) is 11.7. The molecular formula is C13H15ClO2S. The predicted molar refractivity (Wildman–Crippen MR) is 70.9 cm³/mol. The number of benzene rings is 1. The highest BCUT2D eigenvalue weighted by molar-refractivity contribution is 7.99. The molecule has 1 saturated heterocycles. The van der Waals surface area contributed by atoms with E-state index in [4.69, 9.17) is 16.3 Å². The fourth-order valence-electron chi connectivity index (χ4n) is 2.66. The summed E-state index contributed by atoms with van der Waals surface area (Å²) in [5.41, 5.74) is 0.687. The van der Waals surface area contributed by atoms with Crippen LogP contribution in [0.25, 0.3) is 0 Å². The second kappa shape index (κ2) is 4.38. The molecule has 3 rings (SSSR count). The molecule has 1 fully saturated rings. The van der Waals surface area contributed by atoms with Crippen LogP contribution in [0.3, 0.4) is 0 Å². The minimum atomic E-state index is -0.444. The normalized spacial score (nSPS) is 26.4. The van der Waals surface area contributed by atoms with Crippen molar-refractivity contribution < 1.29 is 9.84 Å². The summed E-state index contributed by atoms with van der Waals surface area (Å²) in [6.07, 6.45) is 2.30. The number of ether oxygens (including phenoxy) is 1. The van der Waals surface area contributed by atoms with Crippen LogP contribution in [-0.4, -0.2) is 22.2 Å². The van der Waals surface area contributed by atoms with Crippen LogP contribution in [0.15, 0.2) is 18.2 Å². The van der Waals surface area contributed by atoms with Gasteiger partial charge in [-0.05, 0) is 42.5 Å². The number of aliphatic hydroxyl groups excluding tert-OH is 1. The summed E-state index contributed by atoms with van der Waals surface area (Å²) in [5.74, 6) is 3.05. The summed E-state index contributed by atoms with van der Waals surface area (Å²) in [6.45, 7) is 0. The van der Waals surface area contributed by atoms with Crippen molar-refractivity contribution in [1.82, 2.24) is 0 Å². The average Bonchev–Trinajstić information content (AvgIpc) is 2.31. The highest BCUT2D eigenvalue weighted by Gasteiger charge is 2.41. The maximum absolute atomic E-state index is 10.3. The van der Waals surface area contributed by atoms with Gasteiger partial charge < -0.3 is 9.84 Å². The quantitative estimate of drug-likeness (QED) is 0.783. The molecule has 4 heteroatoms. The first-order valence-corrected chi connectivity index (χ1v) is 7.46. The van der Waals surface area contributed by atoms with Crippen molar-refractivity contribution in [3.05, 3.63) is 28.8 Å². The number of rotatable bonds is 0. The SMILES string of the molecule is O[C@@H]1CC2(CCSCC2)Oc2ccc(Cl)cc21. The molecule has 0 aromatic heterocycles. The molecule has 1 aromatic rings. The molecule has 0 bridgehead atoms. The molecular weight excluding hydrogens is 256 g/mol. The van der Waals surface area contributed by atoms with Crippen LogP contribution in [-0.2, 0) is 0 Å². The van der Waals surface area contributed by atoms with Gasteiger partial charge in [0.25, 0.3) is 0 Å². The Morgan fingerprint density at radius 3 is 2.88 bits per heavy atom. The van der Waals surface area contributed by atoms with Gasteiger partial charge in [0.15, 0.2) is 0 Å². The highest BCUT2D eigenvalue weighted by Crippen LogP contribution is 2.45. The standard InChI is InChI=1S/C13H15ClO2S/c14-9-1-2-12-10(7-9)11(15)8-13(16-12)3-5-17-6-4-13/h1-2,7,11,15H,3-6,8H2/t11-/m1/s1. The van der Waals surface area contributed by atoms with Gasteiger partial charge in [0.05, 0.1) is 6.10 Å². The maximum atomic E-state index is 10.3. The molecule has 2 aliphatic rings. The zero-order valence-electron chi connectivity index (χ0n) is 9.49. The Morgan fingerprint density at radius 2 is 2.12 bits per heavy atom. The van der Waals surface area contributed by atoms with Gasteiger partial charge in [0.2, 0.25) is 0 Å². The number of halogens is 1. The monoisotopic (exact) mass is 270 g/mol. The fourth-order valence-corrected chi connectivity index (χ4v) is 4.08. The van der Waals surface area contributed by atoms with Gasteiger partial charge in [0.1, 0.15) is 11.4 Å². The summed E-state index contributed by atoms with van der Waals surface area (Å²) in [7, 11) is 0. The van der Waals surface area contributed by atoms with E-state index in [2.05, 4.69) is 0 Å². The maximum Gasteiger partial charge on any atom is 0.126 e. The van der Waals surface area contributed by atoms with Crippen LogP contribution in [0.5, 0.6) is 5.75 Å². The smallest absolute Gasteiger partial charge is 0.126 e. The number of hydrogen-bond donors (Lipinski definition) is 1. The van der Waals surface area contributed by atoms with E-state index in [0.717, 1.165) is 35.7 Å². The minimum Gasteiger partial charge on any atom is -0.487 e. The summed E-state index contributed by atoms with van der Waals surface area (Å²) < 4.78 is 6.15. The predicted octanol–water partition coefficient (Wildman–Crippen LogP) is 3.42. The summed E-state index contributed by atoms with van der Waals surface area (Å²) in [4.78, 5) is 0. The van der Waals surface area contributed by atoms with Crippen molar-refractivity contribution in [2.24, 2.45) is 0 Å². The topological polar surface area (TPSA) is 29.5 Å². The molecule has 2 heterocycles. The average molecular weight is 271 g/mol. The van der Waals surface area contributed by atoms with E-state index in [-0.39, 0.29) is 5.60 Å². The Balaban J connectivity index is 1.94. The van der Waals surface area contributed by atoms with E-state index in [0.29, 0.717) is 11.4 Å². The Morgan fingerprint density at radius 1 is 1.35 bits per heavy atom. The summed E-state index contributed by atoms with van der Waals surface area (Å²) in [5, 5.41) is 10.9. The molecule has 17 heavy (non-hydrogen) atoms. The van der Waals surface area contributed by atoms with E-state index >= 15 is 0 Å². The number of fused-ring (bicyclic) bond motifs is 1. The third-order valence-corrected chi connectivity index (χ3v) is 4.85. The number of hydrogen-bond acceptors (Lipinski definition) is 3. The van der Waals surface area contributed by atoms with Crippen LogP contribution < -0.4 is 4.74 Å². The van der Waals surface area contributed by atoms with E-state index in [1.54, 1.807) is 0 Å². The van der Waals surface area contributed by atoms with Gasteiger partial charge in [-0.15, -0.1) is 0 Å². The summed E-state index contributed by atoms with van der Waals surface area (Å²) >= 11 is 7.91. The zero-order chi connectivity index (χ0) is 11.9. The van der Waals surface area contributed by atoms with Gasteiger partial charge in [-0.3, -0.25) is 0 Å². The van der Waals surface area contributed by atoms with Gasteiger partial charge in [-0.25, -0.2) is 0 Å². The van der Waals surface area contributed by atoms with Crippen LogP contribution >= 0.6 is 23.4 Å². The van der Waals surface area contributed by atoms with Crippen LogP contribution in [0.1, 0.15) is 30.9 Å². The summed E-state index contributed by atoms with van der Waals surface area (Å²) in [6, 6.07) is 5.51. The van der Waals surface area contributed by atoms with Crippen molar-refractivity contribution in [2.45, 2.75) is 31.0 Å². The zero-order valence-corrected chi connectivity index (χ0v) is 11.1. The highest BCUT2D eigenvalue weighted by atomic mass is 35.5. The lowest BCUT2D eigenvalue weighted by molar-refractivity contribution is -0.0197. The molecule has 0 radical (unpaired) electrons. The van der Waals surface area contributed by atoms with E-state index in [1.165, 1.54) is 0 Å². The van der Waals surface area contributed by atoms with E-state index < -0.39 is 6.10 Å². The van der Waals surface area contributed by atoms with Crippen LogP contribution in [0, 0.1) is 0 Å². The van der Waals surface area contributed by atoms with Crippen LogP contribution in [0.2, 0.25) is 5.02 Å². The molecule has 2 nitrogen and oxygen atoms in total. The lowest BCUT2D eigenvalue weighted by Gasteiger charge is -2.43. The van der Waals surface area contributed by atoms with Gasteiger partial charge in [-0.2, -0.15) is 11.8 Å². The molecule has 1 aromatic carbocycles. The fraction of sp³-hybridized carbons (Fsp3) is 0.538. The van der Waals surface area contributed by atoms with Crippen LogP contribution in [0.4, 0.5) is 0 Å². The Kier molecular flexibility index (Phi) is 3.01. The number of aliphatic hydroxyl groups is 1. The van der Waals surface area contributed by atoms with Crippen molar-refractivity contribution in [1.29, 1.82) is 0 Å². The van der Waals surface area contributed by atoms with E-state index in [9.17, 15) is 5.11 Å². The van der Waals surface area contributed by atoms with Gasteiger partial charge >= 0.3 is 0 Å². The molecule has 0 amide bonds. The third kappa shape index (κ3) is 2.16. The Hall–Kier alpha value is -0.380. The largest absolute Gasteiger partial charge is 0.487 e. The second-order valence-electron chi connectivity index (χ2n) is 4.80. The molecule has 0 saturated carbocycles. The second-order valence-corrected chi connectivity index (χ2v) is 6.46. The Labute approximate surface area is 110 Å². The Bertz CT molecular complexity index is 429. The molecule has 1 atom stereocenters. The molecule has 1 N–H and O–H groups in total. The molecule has 92 valence electrons. The van der Waals surface area contributed by atoms with Crippen molar-refractivity contribution >= 4 is 23.4 Å². The van der Waals surface area contributed by atoms with E-state index in [1.807, 2.05) is 30.0 Å². The lowest BCUT2D eigenvalue weighted by Crippen LogP contribution is -2.44. The van der Waals surface area contributed by atoms with Crippen molar-refractivity contribution in [2.75, 3.05) is 11.5 Å². The minimum absolute atomic E-state index is 0.147. The van der Waals surface area contributed by atoms with Gasteiger partial charge in [-0.1, -0.05) is 11.6 Å². The first-order chi connectivity index (χ1) is 8.19. The molecule has 1 spiro atoms. The number of thioether (sulfide) groups is 1. The lowest BCUT2D eigenvalue weighted by atomic mass is 9.84. The molecule has 0 aliphatic carbocycles. The van der Waals surface area contributed by atoms with Crippen molar-refractivity contribution in [3.63, 3.8) is 0 Å². The van der Waals surface area contributed by atoms with Crippen molar-refractivity contribution in [3.8, 4) is 5.75 Å². The molecule has 0 unspecified atom stereocenters. The first-order valence-electron chi connectivity index (χ1n) is 5.93. The molecule has 2 aliphatic heterocycles.